The zero-order valence-electron chi connectivity index (χ0n) is 16.7. The second-order valence-electron chi connectivity index (χ2n) is 7.81. The third-order valence-electron chi connectivity index (χ3n) is 5.94. The monoisotopic (exact) mass is 461 g/mol. The zero-order valence-corrected chi connectivity index (χ0v) is 19.1. The lowest BCUT2D eigenvalue weighted by molar-refractivity contribution is -0.121. The van der Waals surface area contributed by atoms with Crippen LogP contribution in [-0.4, -0.2) is 43.5 Å². The van der Waals surface area contributed by atoms with E-state index in [4.69, 9.17) is 11.6 Å². The molecule has 5 rings (SSSR count). The number of nitrogens with one attached hydrogen (secondary N) is 1. The molecule has 3 heterocycles. The van der Waals surface area contributed by atoms with Gasteiger partial charge in [0.1, 0.15) is 0 Å². The van der Waals surface area contributed by atoms with E-state index in [1.807, 2.05) is 28.4 Å². The van der Waals surface area contributed by atoms with E-state index in [2.05, 4.69) is 40.5 Å². The minimum absolute atomic E-state index is 0. The van der Waals surface area contributed by atoms with Crippen LogP contribution in [-0.2, 0) is 24.2 Å². The largest absolute Gasteiger partial charge is 0.312 e. The van der Waals surface area contributed by atoms with Crippen molar-refractivity contribution in [2.45, 2.75) is 19.4 Å². The summed E-state index contributed by atoms with van der Waals surface area (Å²) in [4.78, 5) is 18.5. The van der Waals surface area contributed by atoms with Crippen LogP contribution in [0.3, 0.4) is 0 Å². The average Bonchev–Trinajstić information content (AvgIpc) is 3.11. The van der Waals surface area contributed by atoms with Crippen molar-refractivity contribution in [2.24, 2.45) is 0 Å². The third kappa shape index (κ3) is 4.36. The smallest absolute Gasteiger partial charge is 0.241 e. The number of benzene rings is 2. The molecular weight excluding hydrogens is 437 g/mol. The number of thiophene rings is 1. The molecule has 0 aliphatic carbocycles. The Labute approximate surface area is 192 Å². The van der Waals surface area contributed by atoms with Gasteiger partial charge in [0.25, 0.3) is 0 Å². The summed E-state index contributed by atoms with van der Waals surface area (Å²) in [6, 6.07) is 14.5. The summed E-state index contributed by atoms with van der Waals surface area (Å²) in [5.74, 6) is 0.190. The summed E-state index contributed by atoms with van der Waals surface area (Å²) in [5.41, 5.74) is 3.78. The summed E-state index contributed by atoms with van der Waals surface area (Å²) >= 11 is 7.82. The van der Waals surface area contributed by atoms with Crippen molar-refractivity contribution in [1.29, 1.82) is 0 Å². The molecule has 1 saturated heterocycles. The molecule has 0 saturated carbocycles. The van der Waals surface area contributed by atoms with Crippen molar-refractivity contribution in [3.63, 3.8) is 0 Å². The van der Waals surface area contributed by atoms with Crippen LogP contribution in [0.1, 0.15) is 16.0 Å². The Morgan fingerprint density at radius 1 is 1.10 bits per heavy atom. The van der Waals surface area contributed by atoms with E-state index in [9.17, 15) is 4.79 Å². The summed E-state index contributed by atoms with van der Waals surface area (Å²) < 4.78 is 1.30. The Kier molecular flexibility index (Phi) is 6.66. The van der Waals surface area contributed by atoms with Crippen molar-refractivity contribution in [3.8, 4) is 0 Å². The topological polar surface area (TPSA) is 35.6 Å². The molecule has 1 amide bonds. The number of hydrogen-bond donors (Lipinski definition) is 1. The van der Waals surface area contributed by atoms with Crippen molar-refractivity contribution in [1.82, 2.24) is 10.2 Å². The number of anilines is 1. The molecule has 0 spiro atoms. The van der Waals surface area contributed by atoms with E-state index in [1.165, 1.54) is 26.1 Å². The first-order valence-electron chi connectivity index (χ1n) is 10.2. The van der Waals surface area contributed by atoms with E-state index >= 15 is 0 Å². The molecular formula is C23H25Cl2N3OS. The predicted octanol–water partition coefficient (Wildman–Crippen LogP) is 4.51. The highest BCUT2D eigenvalue weighted by Crippen LogP contribution is 2.36. The van der Waals surface area contributed by atoms with Crippen molar-refractivity contribution in [3.05, 3.63) is 63.5 Å². The lowest BCUT2D eigenvalue weighted by Gasteiger charge is -2.34. The van der Waals surface area contributed by atoms with Crippen LogP contribution in [0, 0.1) is 0 Å². The van der Waals surface area contributed by atoms with Gasteiger partial charge >= 0.3 is 0 Å². The number of carbonyl (C=O) groups is 1. The predicted molar refractivity (Wildman–Crippen MR) is 128 cm³/mol. The SMILES string of the molecule is Cl.O=C1CN(CCc2ccc(Cl)cc2)CCN1c1ccc2c3c(sc2c1)CNCC3. The molecule has 0 bridgehead atoms. The van der Waals surface area contributed by atoms with Crippen LogP contribution >= 0.6 is 35.3 Å². The summed E-state index contributed by atoms with van der Waals surface area (Å²) in [5, 5.41) is 5.58. The number of piperazine rings is 1. The Balaban J connectivity index is 0.00000218. The highest BCUT2D eigenvalue weighted by molar-refractivity contribution is 7.19. The molecule has 2 aromatic carbocycles. The quantitative estimate of drug-likeness (QED) is 0.620. The fourth-order valence-corrected chi connectivity index (χ4v) is 5.70. The molecule has 0 radical (unpaired) electrons. The second kappa shape index (κ2) is 9.25. The zero-order chi connectivity index (χ0) is 19.8. The highest BCUT2D eigenvalue weighted by atomic mass is 35.5. The van der Waals surface area contributed by atoms with E-state index in [1.54, 1.807) is 0 Å². The molecule has 2 aliphatic heterocycles. The van der Waals surface area contributed by atoms with Crippen molar-refractivity contribution in [2.75, 3.05) is 37.6 Å². The van der Waals surface area contributed by atoms with Gasteiger partial charge in [-0.05, 0) is 60.2 Å². The molecule has 1 N–H and O–H groups in total. The second-order valence-corrected chi connectivity index (χ2v) is 9.38. The van der Waals surface area contributed by atoms with Crippen LogP contribution in [0.25, 0.3) is 10.1 Å². The van der Waals surface area contributed by atoms with Gasteiger partial charge in [0, 0.05) is 46.5 Å². The van der Waals surface area contributed by atoms with E-state index in [0.717, 1.165) is 56.3 Å². The fraction of sp³-hybridized carbons (Fsp3) is 0.348. The van der Waals surface area contributed by atoms with Crippen molar-refractivity contribution >= 4 is 57.0 Å². The van der Waals surface area contributed by atoms with Gasteiger partial charge in [0.05, 0.1) is 6.54 Å². The summed E-state index contributed by atoms with van der Waals surface area (Å²) in [6.07, 6.45) is 2.03. The van der Waals surface area contributed by atoms with Gasteiger partial charge in [-0.25, -0.2) is 0 Å². The standard InChI is InChI=1S/C23H24ClN3OS.ClH/c24-17-3-1-16(2-4-17)8-10-26-11-12-27(23(28)15-26)18-5-6-19-20-7-9-25-14-22(20)29-21(19)13-18;/h1-6,13,25H,7-12,14-15H2;1H. The first-order valence-corrected chi connectivity index (χ1v) is 11.4. The maximum atomic E-state index is 12.9. The molecule has 1 fully saturated rings. The van der Waals surface area contributed by atoms with Crippen LogP contribution in [0.5, 0.6) is 0 Å². The maximum absolute atomic E-state index is 12.9. The van der Waals surface area contributed by atoms with Crippen LogP contribution in [0.15, 0.2) is 42.5 Å². The van der Waals surface area contributed by atoms with Crippen LogP contribution in [0.2, 0.25) is 5.02 Å². The molecule has 0 atom stereocenters. The molecule has 7 heteroatoms. The molecule has 2 aliphatic rings. The number of halogens is 2. The summed E-state index contributed by atoms with van der Waals surface area (Å²) in [6.45, 7) is 5.05. The number of nitrogens with zero attached hydrogens (tertiary/aromatic N) is 2. The molecule has 0 unspecified atom stereocenters. The van der Waals surface area contributed by atoms with Gasteiger partial charge in [-0.1, -0.05) is 29.8 Å². The Bertz CT molecular complexity index is 1050. The van der Waals surface area contributed by atoms with Gasteiger partial charge < -0.3 is 10.2 Å². The first-order chi connectivity index (χ1) is 14.2. The van der Waals surface area contributed by atoms with Gasteiger partial charge in [-0.15, -0.1) is 23.7 Å². The molecule has 30 heavy (non-hydrogen) atoms. The Morgan fingerprint density at radius 2 is 1.93 bits per heavy atom. The number of fused-ring (bicyclic) bond motifs is 3. The highest BCUT2D eigenvalue weighted by Gasteiger charge is 2.25. The normalized spacial score (nSPS) is 17.1. The van der Waals surface area contributed by atoms with Gasteiger partial charge in [-0.3, -0.25) is 9.69 Å². The molecule has 3 aromatic rings. The lowest BCUT2D eigenvalue weighted by atomic mass is 10.0. The minimum atomic E-state index is 0. The lowest BCUT2D eigenvalue weighted by Crippen LogP contribution is -2.50. The molecule has 1 aromatic heterocycles. The fourth-order valence-electron chi connectivity index (χ4n) is 4.31. The number of hydrogen-bond acceptors (Lipinski definition) is 4. The number of amides is 1. The van der Waals surface area contributed by atoms with E-state index in [-0.39, 0.29) is 18.3 Å². The van der Waals surface area contributed by atoms with Crippen LogP contribution < -0.4 is 10.2 Å². The molecule has 158 valence electrons. The average molecular weight is 462 g/mol. The summed E-state index contributed by atoms with van der Waals surface area (Å²) in [7, 11) is 0. The maximum Gasteiger partial charge on any atom is 0.241 e. The Morgan fingerprint density at radius 3 is 2.73 bits per heavy atom. The van der Waals surface area contributed by atoms with E-state index in [0.29, 0.717) is 6.54 Å². The Hall–Kier alpha value is -1.63. The van der Waals surface area contributed by atoms with Gasteiger partial charge in [0.15, 0.2) is 0 Å². The van der Waals surface area contributed by atoms with E-state index < -0.39 is 0 Å². The van der Waals surface area contributed by atoms with Crippen LogP contribution in [0.4, 0.5) is 5.69 Å². The van der Waals surface area contributed by atoms with Gasteiger partial charge in [-0.2, -0.15) is 0 Å². The van der Waals surface area contributed by atoms with Gasteiger partial charge in [0.2, 0.25) is 5.91 Å². The third-order valence-corrected chi connectivity index (χ3v) is 7.39. The molecule has 4 nitrogen and oxygen atoms in total. The first kappa shape index (κ1) is 21.6. The number of rotatable bonds is 4. The number of carbonyl (C=O) groups excluding carboxylic acids is 1. The minimum Gasteiger partial charge on any atom is -0.312 e. The van der Waals surface area contributed by atoms with Crippen molar-refractivity contribution < 1.29 is 4.79 Å².